The van der Waals surface area contributed by atoms with Crippen LogP contribution in [0, 0.1) is 0 Å². The van der Waals surface area contributed by atoms with Gasteiger partial charge in [-0.2, -0.15) is 0 Å². The van der Waals surface area contributed by atoms with Crippen LogP contribution in [0.2, 0.25) is 5.02 Å². The highest BCUT2D eigenvalue weighted by molar-refractivity contribution is 9.10. The highest BCUT2D eigenvalue weighted by Crippen LogP contribution is 2.24. The Morgan fingerprint density at radius 1 is 1.43 bits per heavy atom. The molecule has 0 unspecified atom stereocenters. The summed E-state index contributed by atoms with van der Waals surface area (Å²) < 4.78 is 6.52. The van der Waals surface area contributed by atoms with E-state index in [4.69, 9.17) is 16.3 Å². The largest absolute Gasteiger partial charge is 0.463 e. The first-order valence-electron chi connectivity index (χ1n) is 7.03. The average molecular weight is 392 g/mol. The Morgan fingerprint density at radius 3 is 3.17 bits per heavy atom. The third-order valence-electron chi connectivity index (χ3n) is 3.68. The maximum absolute atomic E-state index is 6.40. The monoisotopic (exact) mass is 390 g/mol. The van der Waals surface area contributed by atoms with E-state index in [1.165, 1.54) is 0 Å². The number of ether oxygens (including phenoxy) is 1. The number of halogens is 2. The highest BCUT2D eigenvalue weighted by atomic mass is 79.9. The predicted octanol–water partition coefficient (Wildman–Crippen LogP) is 2.11. The van der Waals surface area contributed by atoms with Crippen molar-refractivity contribution in [3.8, 4) is 5.75 Å². The Kier molecular flexibility index (Phi) is 3.71. The first kappa shape index (κ1) is 14.5. The van der Waals surface area contributed by atoms with E-state index in [0.29, 0.717) is 24.0 Å². The van der Waals surface area contributed by atoms with Crippen LogP contribution in [0.25, 0.3) is 5.82 Å². The number of aromatic nitrogens is 1. The third kappa shape index (κ3) is 2.58. The molecular weight excluding hydrogens is 380 g/mol. The quantitative estimate of drug-likeness (QED) is 0.852. The van der Waals surface area contributed by atoms with Gasteiger partial charge in [-0.05, 0) is 33.6 Å². The van der Waals surface area contributed by atoms with E-state index in [1.807, 2.05) is 30.6 Å². The zero-order chi connectivity index (χ0) is 15.8. The van der Waals surface area contributed by atoms with Crippen molar-refractivity contribution in [1.82, 2.24) is 15.2 Å². The molecule has 3 heterocycles. The lowest BCUT2D eigenvalue weighted by Crippen LogP contribution is -2.43. The zero-order valence-electron chi connectivity index (χ0n) is 12.0. The minimum Gasteiger partial charge on any atom is -0.463 e. The topological polar surface area (TPSA) is 49.8 Å². The molecule has 0 bridgehead atoms. The van der Waals surface area contributed by atoms with Crippen molar-refractivity contribution >= 4 is 33.4 Å². The molecule has 1 N–H and O–H groups in total. The van der Waals surface area contributed by atoms with Crippen LogP contribution in [0.1, 0.15) is 5.56 Å². The van der Waals surface area contributed by atoms with Gasteiger partial charge in [-0.1, -0.05) is 17.7 Å². The lowest BCUT2D eigenvalue weighted by atomic mass is 10.2. The van der Waals surface area contributed by atoms with Crippen molar-refractivity contribution in [3.05, 3.63) is 68.7 Å². The maximum Gasteiger partial charge on any atom is 0.140 e. The summed E-state index contributed by atoms with van der Waals surface area (Å²) in [4.78, 5) is 10.7. The lowest BCUT2D eigenvalue weighted by Gasteiger charge is -2.25. The fraction of sp³-hybridized carbons (Fsp3) is 0.125. The number of rotatable bonds is 2. The highest BCUT2D eigenvalue weighted by Gasteiger charge is 2.20. The molecule has 0 amide bonds. The van der Waals surface area contributed by atoms with Crippen LogP contribution in [0.5, 0.6) is 5.75 Å². The van der Waals surface area contributed by atoms with Gasteiger partial charge in [0.2, 0.25) is 0 Å². The molecule has 0 radical (unpaired) electrons. The van der Waals surface area contributed by atoms with Gasteiger partial charge in [0.05, 0.1) is 22.1 Å². The van der Waals surface area contributed by atoms with Crippen molar-refractivity contribution in [3.63, 3.8) is 0 Å². The molecule has 1 aromatic heterocycles. The molecule has 4 rings (SSSR count). The molecule has 5 nitrogen and oxygen atoms in total. The molecule has 116 valence electrons. The van der Waals surface area contributed by atoms with E-state index < -0.39 is 0 Å². The second-order valence-electron chi connectivity index (χ2n) is 5.13. The van der Waals surface area contributed by atoms with Gasteiger partial charge in [0.15, 0.2) is 0 Å². The van der Waals surface area contributed by atoms with Crippen LogP contribution in [-0.4, -0.2) is 16.6 Å². The van der Waals surface area contributed by atoms with Gasteiger partial charge in [0.25, 0.3) is 0 Å². The molecule has 2 aliphatic heterocycles. The summed E-state index contributed by atoms with van der Waals surface area (Å²) in [5.41, 5.74) is 1.10. The molecule has 0 fully saturated rings. The third-order valence-corrected chi connectivity index (χ3v) is 4.91. The molecule has 0 saturated heterocycles. The molecular formula is C16H12BrClN4O. The number of benzene rings is 1. The molecule has 0 saturated carbocycles. The minimum absolute atomic E-state index is 0.468. The number of hydrogen-bond donors (Lipinski definition) is 1. The first-order valence-corrected chi connectivity index (χ1v) is 8.20. The molecule has 7 heteroatoms. The smallest absolute Gasteiger partial charge is 0.140 e. The predicted molar refractivity (Wildman–Crippen MR) is 90.9 cm³/mol. The van der Waals surface area contributed by atoms with Crippen molar-refractivity contribution in [1.29, 1.82) is 0 Å². The minimum atomic E-state index is 0.468. The zero-order valence-corrected chi connectivity index (χ0v) is 14.3. The lowest BCUT2D eigenvalue weighted by molar-refractivity contribution is 0.453. The number of pyridine rings is 1. The summed E-state index contributed by atoms with van der Waals surface area (Å²) in [7, 11) is 0. The second kappa shape index (κ2) is 5.86. The van der Waals surface area contributed by atoms with Gasteiger partial charge in [-0.3, -0.25) is 9.98 Å². The van der Waals surface area contributed by atoms with Crippen LogP contribution >= 0.6 is 27.5 Å². The number of hydrogen-bond acceptors (Lipinski definition) is 5. The molecule has 2 aromatic rings. The van der Waals surface area contributed by atoms with E-state index in [0.717, 1.165) is 26.4 Å². The van der Waals surface area contributed by atoms with Crippen LogP contribution in [0.15, 0.2) is 52.5 Å². The van der Waals surface area contributed by atoms with Crippen LogP contribution in [-0.2, 0) is 6.54 Å². The molecule has 1 aromatic carbocycles. The van der Waals surface area contributed by atoms with Crippen LogP contribution in [0.4, 0.5) is 0 Å². The summed E-state index contributed by atoms with van der Waals surface area (Å²) in [6, 6.07) is 5.83. The fourth-order valence-corrected chi connectivity index (χ4v) is 3.26. The Hall–Kier alpha value is -2.05. The number of nitrogens with zero attached hydrogens (tertiary/aromatic N) is 3. The van der Waals surface area contributed by atoms with E-state index >= 15 is 0 Å². The maximum atomic E-state index is 6.40. The van der Waals surface area contributed by atoms with Gasteiger partial charge in [-0.25, -0.2) is 0 Å². The SMILES string of the molecule is Clc1c(Br)cc2c3c1=NCNC=3N(Cc1cccnc1)C=CO2. The van der Waals surface area contributed by atoms with Crippen LogP contribution < -0.4 is 20.6 Å². The molecule has 0 spiro atoms. The van der Waals surface area contributed by atoms with Gasteiger partial charge >= 0.3 is 0 Å². The van der Waals surface area contributed by atoms with Crippen molar-refractivity contribution in [2.24, 2.45) is 4.99 Å². The standard InChI is InChI=1S/C16H12BrClN4O/c17-11-6-12-13-15(14(11)18)20-9-21-16(13)22(4-5-23-12)8-10-2-1-3-19-7-10/h1-7,21H,8-9H2. The summed E-state index contributed by atoms with van der Waals surface area (Å²) in [5.74, 6) is 1.64. The van der Waals surface area contributed by atoms with Crippen molar-refractivity contribution in [2.45, 2.75) is 6.54 Å². The van der Waals surface area contributed by atoms with Gasteiger partial charge < -0.3 is 15.0 Å². The average Bonchev–Trinajstić information content (AvgIpc) is 2.74. The van der Waals surface area contributed by atoms with E-state index in [2.05, 4.69) is 36.1 Å². The summed E-state index contributed by atoms with van der Waals surface area (Å²) in [6.45, 7) is 1.14. The van der Waals surface area contributed by atoms with Crippen molar-refractivity contribution in [2.75, 3.05) is 6.67 Å². The second-order valence-corrected chi connectivity index (χ2v) is 6.36. The summed E-state index contributed by atoms with van der Waals surface area (Å²) in [5, 5.41) is 5.53. The van der Waals surface area contributed by atoms with E-state index in [9.17, 15) is 0 Å². The van der Waals surface area contributed by atoms with E-state index in [-0.39, 0.29) is 0 Å². The molecule has 2 aliphatic rings. The summed E-state index contributed by atoms with van der Waals surface area (Å²) in [6.07, 6.45) is 7.18. The molecule has 23 heavy (non-hydrogen) atoms. The summed E-state index contributed by atoms with van der Waals surface area (Å²) >= 11 is 9.86. The fourth-order valence-electron chi connectivity index (χ4n) is 2.66. The molecule has 0 atom stereocenters. The van der Waals surface area contributed by atoms with E-state index in [1.54, 1.807) is 12.5 Å². The Morgan fingerprint density at radius 2 is 2.35 bits per heavy atom. The van der Waals surface area contributed by atoms with Gasteiger partial charge in [0, 0.05) is 23.1 Å². The van der Waals surface area contributed by atoms with Crippen molar-refractivity contribution < 1.29 is 4.74 Å². The Bertz CT molecular complexity index is 914. The number of nitrogens with one attached hydrogen (secondary N) is 1. The van der Waals surface area contributed by atoms with Crippen LogP contribution in [0.3, 0.4) is 0 Å². The van der Waals surface area contributed by atoms with Gasteiger partial charge in [-0.15, -0.1) is 0 Å². The Labute approximate surface area is 146 Å². The first-order chi connectivity index (χ1) is 11.2. The Balaban J connectivity index is 1.91. The van der Waals surface area contributed by atoms with Gasteiger partial charge in [0.1, 0.15) is 24.5 Å². The molecule has 0 aliphatic carbocycles. The normalized spacial score (nSPS) is 15.2.